The van der Waals surface area contributed by atoms with Crippen molar-refractivity contribution in [3.8, 4) is 0 Å². The minimum Gasteiger partial charge on any atom is -0.480 e. The second-order valence-corrected chi connectivity index (χ2v) is 4.46. The van der Waals surface area contributed by atoms with Crippen LogP contribution in [0.2, 0.25) is 0 Å². The van der Waals surface area contributed by atoms with Gasteiger partial charge in [0, 0.05) is 13.1 Å². The Morgan fingerprint density at radius 1 is 1.50 bits per heavy atom. The Morgan fingerprint density at radius 3 is 2.43 bits per heavy atom. The van der Waals surface area contributed by atoms with Gasteiger partial charge in [0.2, 0.25) is 0 Å². The molecule has 2 aliphatic heterocycles. The van der Waals surface area contributed by atoms with E-state index in [1.807, 2.05) is 11.8 Å². The highest BCUT2D eigenvalue weighted by molar-refractivity contribution is 5.73. The summed E-state index contributed by atoms with van der Waals surface area (Å²) in [5.41, 5.74) is 0. The van der Waals surface area contributed by atoms with Gasteiger partial charge in [-0.3, -0.25) is 9.69 Å². The third-order valence-electron chi connectivity index (χ3n) is 3.62. The zero-order valence-electron chi connectivity index (χ0n) is 8.39. The minimum atomic E-state index is -0.733. The fraction of sp³-hybridized carbons (Fsp3) is 0.900. The summed E-state index contributed by atoms with van der Waals surface area (Å²) in [6.45, 7) is 3.40. The van der Waals surface area contributed by atoms with Crippen LogP contribution in [-0.2, 0) is 4.79 Å². The highest BCUT2D eigenvalue weighted by Crippen LogP contribution is 2.40. The topological polar surface area (TPSA) is 60.8 Å². The van der Waals surface area contributed by atoms with Crippen molar-refractivity contribution in [3.63, 3.8) is 0 Å². The largest absolute Gasteiger partial charge is 0.480 e. The van der Waals surface area contributed by atoms with Crippen molar-refractivity contribution >= 4 is 5.97 Å². The van der Waals surface area contributed by atoms with Crippen LogP contribution in [0.1, 0.15) is 19.8 Å². The molecular weight excluding hydrogens is 182 g/mol. The molecule has 3 fully saturated rings. The first kappa shape index (κ1) is 9.93. The number of aliphatic carboxylic acids is 1. The first-order chi connectivity index (χ1) is 6.63. The quantitative estimate of drug-likeness (QED) is 0.680. The number of carboxylic acid groups (broad SMARTS) is 1. The lowest BCUT2D eigenvalue weighted by atomic mass is 9.68. The number of hydrogen-bond donors (Lipinski definition) is 2. The number of rotatable bonds is 3. The average Bonchev–Trinajstić information content (AvgIpc) is 2.18. The van der Waals surface area contributed by atoms with E-state index in [4.69, 9.17) is 5.11 Å². The number of nitrogens with zero attached hydrogens (tertiary/aromatic N) is 1. The molecule has 2 N–H and O–H groups in total. The predicted octanol–water partition coefficient (Wildman–Crippen LogP) is 0.162. The van der Waals surface area contributed by atoms with E-state index in [-0.39, 0.29) is 12.1 Å². The van der Waals surface area contributed by atoms with Gasteiger partial charge in [-0.1, -0.05) is 6.92 Å². The first-order valence-electron chi connectivity index (χ1n) is 5.28. The molecule has 4 atom stereocenters. The maximum Gasteiger partial charge on any atom is 0.320 e. The Morgan fingerprint density at radius 2 is 2.07 bits per heavy atom. The van der Waals surface area contributed by atoms with Crippen LogP contribution in [0.3, 0.4) is 0 Å². The zero-order valence-corrected chi connectivity index (χ0v) is 8.39. The first-order valence-corrected chi connectivity index (χ1v) is 5.28. The summed E-state index contributed by atoms with van der Waals surface area (Å²) in [7, 11) is 0. The summed E-state index contributed by atoms with van der Waals surface area (Å²) in [4.78, 5) is 12.9. The minimum absolute atomic E-state index is 0.169. The fourth-order valence-corrected chi connectivity index (χ4v) is 2.74. The molecule has 0 spiro atoms. The van der Waals surface area contributed by atoms with Gasteiger partial charge >= 0.3 is 5.97 Å². The van der Waals surface area contributed by atoms with Crippen LogP contribution in [0.4, 0.5) is 0 Å². The molecule has 3 rings (SSSR count). The maximum atomic E-state index is 10.9. The lowest BCUT2D eigenvalue weighted by Crippen LogP contribution is -2.61. The molecule has 1 unspecified atom stereocenters. The monoisotopic (exact) mass is 199 g/mol. The zero-order chi connectivity index (χ0) is 10.3. The highest BCUT2D eigenvalue weighted by atomic mass is 16.4. The normalized spacial score (nSPS) is 38.9. The molecule has 14 heavy (non-hydrogen) atoms. The average molecular weight is 199 g/mol. The van der Waals surface area contributed by atoms with Gasteiger partial charge in [-0.05, 0) is 24.7 Å². The maximum absolute atomic E-state index is 10.9. The van der Waals surface area contributed by atoms with E-state index in [0.29, 0.717) is 18.3 Å². The lowest BCUT2D eigenvalue weighted by Gasteiger charge is -2.52. The third kappa shape index (κ3) is 1.42. The Bertz CT molecular complexity index is 232. The summed E-state index contributed by atoms with van der Waals surface area (Å²) in [5.74, 6) is -0.0902. The molecular formula is C10H17NO3. The van der Waals surface area contributed by atoms with E-state index in [1.165, 1.54) is 0 Å². The molecule has 2 saturated heterocycles. The Labute approximate surface area is 83.5 Å². The molecule has 3 aliphatic rings. The molecule has 0 aromatic rings. The number of hydrogen-bond acceptors (Lipinski definition) is 3. The fourth-order valence-electron chi connectivity index (χ4n) is 2.74. The number of fused-ring (bicyclic) bond motifs is 2. The summed E-state index contributed by atoms with van der Waals surface area (Å²) >= 11 is 0. The molecule has 2 heterocycles. The van der Waals surface area contributed by atoms with Gasteiger partial charge in [0.1, 0.15) is 6.04 Å². The van der Waals surface area contributed by atoms with Crippen molar-refractivity contribution < 1.29 is 15.0 Å². The summed E-state index contributed by atoms with van der Waals surface area (Å²) in [6.07, 6.45) is 1.55. The van der Waals surface area contributed by atoms with Crippen molar-refractivity contribution in [1.29, 1.82) is 0 Å². The summed E-state index contributed by atoms with van der Waals surface area (Å²) in [5, 5.41) is 18.6. The van der Waals surface area contributed by atoms with Crippen molar-refractivity contribution in [2.75, 3.05) is 13.1 Å². The standard InChI is InChI=1S/C10H17NO3/c1-2-8(10(13)14)11-4-6-3-7(5-11)9(6)12/h6-9,12H,2-5H2,1H3,(H,13,14)/t6-,7+,8-,9?/m1/s1. The van der Waals surface area contributed by atoms with Crippen molar-refractivity contribution in [2.24, 2.45) is 11.8 Å². The molecule has 0 amide bonds. The van der Waals surface area contributed by atoms with Gasteiger partial charge in [-0.2, -0.15) is 0 Å². The predicted molar refractivity (Wildman–Crippen MR) is 50.9 cm³/mol. The molecule has 0 aromatic carbocycles. The second-order valence-electron chi connectivity index (χ2n) is 4.46. The van der Waals surface area contributed by atoms with Crippen LogP contribution in [0.5, 0.6) is 0 Å². The van der Waals surface area contributed by atoms with Gasteiger partial charge in [-0.15, -0.1) is 0 Å². The van der Waals surface area contributed by atoms with Gasteiger partial charge in [0.05, 0.1) is 6.10 Å². The molecule has 2 bridgehead atoms. The SMILES string of the molecule is CC[C@H](C(=O)O)N1C[C@H]2C[C@@H](C1)C2O. The van der Waals surface area contributed by atoms with Gasteiger partial charge in [0.25, 0.3) is 0 Å². The van der Waals surface area contributed by atoms with E-state index < -0.39 is 5.97 Å². The van der Waals surface area contributed by atoms with Crippen molar-refractivity contribution in [2.45, 2.75) is 31.9 Å². The van der Waals surface area contributed by atoms with Crippen LogP contribution in [0.15, 0.2) is 0 Å². The molecule has 1 saturated carbocycles. The lowest BCUT2D eigenvalue weighted by molar-refractivity contribution is -0.154. The summed E-state index contributed by atoms with van der Waals surface area (Å²) in [6, 6.07) is -0.354. The Hall–Kier alpha value is -0.610. The number of aliphatic hydroxyl groups is 1. The van der Waals surface area contributed by atoms with Crippen molar-refractivity contribution in [1.82, 2.24) is 4.90 Å². The second kappa shape index (κ2) is 3.51. The summed E-state index contributed by atoms with van der Waals surface area (Å²) < 4.78 is 0. The number of piperidine rings is 2. The number of carboxylic acids is 1. The van der Waals surface area contributed by atoms with Crippen molar-refractivity contribution in [3.05, 3.63) is 0 Å². The van der Waals surface area contributed by atoms with Gasteiger partial charge in [-0.25, -0.2) is 0 Å². The van der Waals surface area contributed by atoms with E-state index in [9.17, 15) is 9.90 Å². The number of carbonyl (C=O) groups is 1. The van der Waals surface area contributed by atoms with E-state index in [1.54, 1.807) is 0 Å². The Kier molecular flexibility index (Phi) is 2.49. The van der Waals surface area contributed by atoms with E-state index >= 15 is 0 Å². The molecule has 80 valence electrons. The Balaban J connectivity index is 1.97. The molecule has 0 radical (unpaired) electrons. The molecule has 4 heteroatoms. The third-order valence-corrected chi connectivity index (χ3v) is 3.62. The van der Waals surface area contributed by atoms with Crippen LogP contribution < -0.4 is 0 Å². The molecule has 1 aliphatic carbocycles. The van der Waals surface area contributed by atoms with Crippen LogP contribution in [0.25, 0.3) is 0 Å². The highest BCUT2D eigenvalue weighted by Gasteiger charge is 2.47. The smallest absolute Gasteiger partial charge is 0.320 e. The number of aliphatic hydroxyl groups excluding tert-OH is 1. The van der Waals surface area contributed by atoms with E-state index in [0.717, 1.165) is 19.5 Å². The molecule has 0 aromatic heterocycles. The van der Waals surface area contributed by atoms with Crippen LogP contribution in [0, 0.1) is 11.8 Å². The van der Waals surface area contributed by atoms with Crippen LogP contribution in [-0.4, -0.2) is 46.3 Å². The van der Waals surface area contributed by atoms with E-state index in [2.05, 4.69) is 0 Å². The van der Waals surface area contributed by atoms with Crippen LogP contribution >= 0.6 is 0 Å². The molecule has 4 nitrogen and oxygen atoms in total. The van der Waals surface area contributed by atoms with Gasteiger partial charge < -0.3 is 10.2 Å². The van der Waals surface area contributed by atoms with Gasteiger partial charge in [0.15, 0.2) is 0 Å².